The van der Waals surface area contributed by atoms with Crippen molar-refractivity contribution in [2.24, 2.45) is 0 Å². The van der Waals surface area contributed by atoms with Gasteiger partial charge in [0.05, 0.1) is 0 Å². The summed E-state index contributed by atoms with van der Waals surface area (Å²) in [5.41, 5.74) is 1.11. The van der Waals surface area contributed by atoms with E-state index in [2.05, 4.69) is 13.2 Å². The van der Waals surface area contributed by atoms with Crippen LogP contribution >= 0.6 is 0 Å². The third-order valence-electron chi connectivity index (χ3n) is 3.47. The number of carbonyl (C=O) groups is 2. The first-order valence-corrected chi connectivity index (χ1v) is 12.8. The van der Waals surface area contributed by atoms with Crippen LogP contribution in [0.15, 0.2) is 82.0 Å². The van der Waals surface area contributed by atoms with E-state index in [0.29, 0.717) is 11.1 Å². The van der Waals surface area contributed by atoms with Crippen molar-refractivity contribution in [2.75, 3.05) is 0 Å². The fraction of sp³-hybridized carbons (Fsp3) is 0. The number of hydrogen-bond acceptors (Lipinski definition) is 2. The van der Waals surface area contributed by atoms with Crippen molar-refractivity contribution in [2.45, 2.75) is 0 Å². The van der Waals surface area contributed by atoms with E-state index in [4.69, 9.17) is 0 Å². The Morgan fingerprint density at radius 1 is 0.714 bits per heavy atom. The van der Waals surface area contributed by atoms with Crippen molar-refractivity contribution in [1.82, 2.24) is 0 Å². The van der Waals surface area contributed by atoms with Gasteiger partial charge in [0.15, 0.2) is 0 Å². The SMILES string of the molecule is C=[CH][Sn]([CH]=C)([C](=O)c1ccccc1)[C](=O)c1ccccc1. The van der Waals surface area contributed by atoms with Gasteiger partial charge in [0.1, 0.15) is 0 Å². The Kier molecular flexibility index (Phi) is 4.91. The van der Waals surface area contributed by atoms with E-state index in [-0.39, 0.29) is 7.60 Å². The van der Waals surface area contributed by atoms with Gasteiger partial charge in [0.25, 0.3) is 0 Å². The molecular formula is C18H16O2Sn. The number of carbonyl (C=O) groups excluding carboxylic acids is 2. The molecule has 2 aromatic rings. The molecule has 0 fully saturated rings. The molecule has 0 spiro atoms. The van der Waals surface area contributed by atoms with Gasteiger partial charge in [-0.2, -0.15) is 0 Å². The van der Waals surface area contributed by atoms with Crippen LogP contribution in [0.1, 0.15) is 20.7 Å². The van der Waals surface area contributed by atoms with Crippen LogP contribution in [0.4, 0.5) is 0 Å². The van der Waals surface area contributed by atoms with Crippen LogP contribution in [0.5, 0.6) is 0 Å². The summed E-state index contributed by atoms with van der Waals surface area (Å²) >= 11 is -4.07. The molecule has 104 valence electrons. The van der Waals surface area contributed by atoms with Crippen LogP contribution in [0.3, 0.4) is 0 Å². The summed E-state index contributed by atoms with van der Waals surface area (Å²) in [5.74, 6) is 0. The second kappa shape index (κ2) is 6.67. The summed E-state index contributed by atoms with van der Waals surface area (Å²) in [4.78, 5) is 25.7. The van der Waals surface area contributed by atoms with Gasteiger partial charge in [-0.3, -0.25) is 0 Å². The zero-order valence-corrected chi connectivity index (χ0v) is 14.5. The number of rotatable bonds is 6. The van der Waals surface area contributed by atoms with Crippen LogP contribution in [0.2, 0.25) is 0 Å². The van der Waals surface area contributed by atoms with Crippen LogP contribution in [0.25, 0.3) is 0 Å². The van der Waals surface area contributed by atoms with E-state index >= 15 is 0 Å². The van der Waals surface area contributed by atoms with Crippen molar-refractivity contribution in [3.8, 4) is 0 Å². The van der Waals surface area contributed by atoms with E-state index in [1.807, 2.05) is 12.1 Å². The van der Waals surface area contributed by atoms with Gasteiger partial charge >= 0.3 is 129 Å². The molecule has 3 heteroatoms. The van der Waals surface area contributed by atoms with Crippen LogP contribution in [0, 0.1) is 0 Å². The third kappa shape index (κ3) is 2.90. The molecule has 0 radical (unpaired) electrons. The van der Waals surface area contributed by atoms with Gasteiger partial charge in [-0.15, -0.1) is 0 Å². The molecule has 2 rings (SSSR count). The summed E-state index contributed by atoms with van der Waals surface area (Å²) < 4.78 is 2.94. The Bertz CT molecular complexity index is 613. The molecule has 0 unspecified atom stereocenters. The Morgan fingerprint density at radius 3 is 1.33 bits per heavy atom. The zero-order chi connectivity index (χ0) is 15.3. The van der Waals surface area contributed by atoms with E-state index in [1.54, 1.807) is 56.7 Å². The molecular weight excluding hydrogens is 367 g/mol. The Balaban J connectivity index is 2.51. The minimum absolute atomic E-state index is 0.108. The Hall–Kier alpha value is -1.94. The standard InChI is InChI=1S/2C7H5O.2C2H3.Sn/c2*8-6-7-4-2-1-3-5-7;2*1-2;/h2*1-5H;2*1H,2H2;. The zero-order valence-electron chi connectivity index (χ0n) is 11.7. The van der Waals surface area contributed by atoms with Gasteiger partial charge in [0.2, 0.25) is 0 Å². The summed E-state index contributed by atoms with van der Waals surface area (Å²) in [5, 5.41) is 0. The van der Waals surface area contributed by atoms with E-state index in [1.165, 1.54) is 0 Å². The molecule has 0 saturated carbocycles. The van der Waals surface area contributed by atoms with E-state index < -0.39 is 18.4 Å². The number of benzene rings is 2. The summed E-state index contributed by atoms with van der Waals surface area (Å²) in [6, 6.07) is 17.8. The molecule has 0 heterocycles. The quantitative estimate of drug-likeness (QED) is 0.713. The second-order valence-electron chi connectivity index (χ2n) is 4.67. The predicted octanol–water partition coefficient (Wildman–Crippen LogP) is 3.73. The molecule has 0 aromatic heterocycles. The predicted molar refractivity (Wildman–Crippen MR) is 87.7 cm³/mol. The van der Waals surface area contributed by atoms with Crippen LogP contribution < -0.4 is 0 Å². The van der Waals surface area contributed by atoms with E-state index in [0.717, 1.165) is 0 Å². The molecule has 0 N–H and O–H groups in total. The van der Waals surface area contributed by atoms with Crippen molar-refractivity contribution >= 4 is 26.0 Å². The van der Waals surface area contributed by atoms with Gasteiger partial charge in [0, 0.05) is 0 Å². The van der Waals surface area contributed by atoms with Gasteiger partial charge in [-0.1, -0.05) is 0 Å². The van der Waals surface area contributed by atoms with Crippen molar-refractivity contribution in [3.63, 3.8) is 0 Å². The summed E-state index contributed by atoms with van der Waals surface area (Å²) in [7, 11) is 0. The van der Waals surface area contributed by atoms with E-state index in [9.17, 15) is 9.59 Å². The molecule has 0 bridgehead atoms. The fourth-order valence-electron chi connectivity index (χ4n) is 2.21. The molecule has 21 heavy (non-hydrogen) atoms. The molecule has 0 aliphatic heterocycles. The minimum atomic E-state index is -4.07. The Morgan fingerprint density at radius 2 is 1.05 bits per heavy atom. The summed E-state index contributed by atoms with van der Waals surface area (Å²) in [6.45, 7) is 7.56. The second-order valence-corrected chi connectivity index (χ2v) is 14.6. The fourth-order valence-corrected chi connectivity index (χ4v) is 9.07. The van der Waals surface area contributed by atoms with Crippen molar-refractivity contribution in [1.29, 1.82) is 0 Å². The van der Waals surface area contributed by atoms with Gasteiger partial charge < -0.3 is 0 Å². The number of hydrogen-bond donors (Lipinski definition) is 0. The monoisotopic (exact) mass is 384 g/mol. The van der Waals surface area contributed by atoms with Crippen molar-refractivity contribution < 1.29 is 9.59 Å². The molecule has 0 aliphatic carbocycles. The molecule has 2 aromatic carbocycles. The summed E-state index contributed by atoms with van der Waals surface area (Å²) in [6.07, 6.45) is 0. The first kappa shape index (κ1) is 15.4. The first-order chi connectivity index (χ1) is 10.2. The molecule has 0 aliphatic rings. The normalized spacial score (nSPS) is 10.7. The van der Waals surface area contributed by atoms with Crippen molar-refractivity contribution in [3.05, 3.63) is 93.1 Å². The average Bonchev–Trinajstić information content (AvgIpc) is 2.57. The maximum absolute atomic E-state index is 12.9. The maximum atomic E-state index is 12.9. The van der Waals surface area contributed by atoms with Crippen LogP contribution in [-0.2, 0) is 0 Å². The topological polar surface area (TPSA) is 34.1 Å². The Labute approximate surface area is 128 Å². The van der Waals surface area contributed by atoms with Gasteiger partial charge in [-0.05, 0) is 0 Å². The average molecular weight is 383 g/mol. The molecule has 2 nitrogen and oxygen atoms in total. The molecule has 0 atom stereocenters. The van der Waals surface area contributed by atoms with Crippen LogP contribution in [-0.4, -0.2) is 26.0 Å². The van der Waals surface area contributed by atoms with Gasteiger partial charge in [-0.25, -0.2) is 0 Å². The first-order valence-electron chi connectivity index (χ1n) is 6.62. The third-order valence-corrected chi connectivity index (χ3v) is 13.1. The molecule has 0 saturated heterocycles. The molecule has 0 amide bonds.